The first-order valence-electron chi connectivity index (χ1n) is 10.0. The number of hydrogen-bond donors (Lipinski definition) is 2. The Bertz CT molecular complexity index is 826. The van der Waals surface area contributed by atoms with Crippen molar-refractivity contribution in [1.29, 1.82) is 0 Å². The summed E-state index contributed by atoms with van der Waals surface area (Å²) in [4.78, 5) is 28.1. The molecule has 1 fully saturated rings. The van der Waals surface area contributed by atoms with Crippen LogP contribution in [0.3, 0.4) is 0 Å². The molecule has 0 bridgehead atoms. The maximum Gasteiger partial charge on any atom is 0.317 e. The molecule has 3 amide bonds. The first kappa shape index (κ1) is 21.6. The van der Waals surface area contributed by atoms with E-state index in [2.05, 4.69) is 10.6 Å². The number of urea groups is 1. The van der Waals surface area contributed by atoms with Crippen molar-refractivity contribution in [2.75, 3.05) is 45.9 Å². The summed E-state index contributed by atoms with van der Waals surface area (Å²) in [7, 11) is 0. The van der Waals surface area contributed by atoms with Gasteiger partial charge in [0.25, 0.3) is 0 Å². The van der Waals surface area contributed by atoms with Crippen LogP contribution in [0, 0.1) is 5.82 Å². The molecule has 0 spiro atoms. The highest BCUT2D eigenvalue weighted by molar-refractivity contribution is 5.78. The number of ether oxygens (including phenoxy) is 1. The largest absolute Gasteiger partial charge is 0.492 e. The van der Waals surface area contributed by atoms with E-state index < -0.39 is 0 Å². The van der Waals surface area contributed by atoms with Gasteiger partial charge >= 0.3 is 6.03 Å². The molecule has 2 N–H and O–H groups in total. The van der Waals surface area contributed by atoms with E-state index in [1.165, 1.54) is 12.1 Å². The summed E-state index contributed by atoms with van der Waals surface area (Å²) >= 11 is 0. The predicted molar refractivity (Wildman–Crippen MR) is 112 cm³/mol. The van der Waals surface area contributed by atoms with E-state index >= 15 is 0 Å². The molecule has 7 nitrogen and oxygen atoms in total. The number of carbonyl (C=O) groups excluding carboxylic acids is 2. The molecule has 1 aliphatic heterocycles. The Hall–Kier alpha value is -3.13. The molecular formula is C22H27FN4O3. The minimum absolute atomic E-state index is 0.0220. The zero-order valence-electron chi connectivity index (χ0n) is 16.9. The standard InChI is InChI=1S/C22H27FN4O3/c23-19-7-4-8-20(15-19)30-14-9-24-22(29)27-12-10-26(11-13-27)17-21(28)25-16-18-5-2-1-3-6-18/h1-8,15H,9-14,16-17H2,(H,24,29)(H,25,28). The van der Waals surface area contributed by atoms with Crippen LogP contribution in [0.15, 0.2) is 54.6 Å². The minimum Gasteiger partial charge on any atom is -0.492 e. The Morgan fingerprint density at radius 2 is 1.73 bits per heavy atom. The van der Waals surface area contributed by atoms with Gasteiger partial charge in [-0.15, -0.1) is 0 Å². The molecule has 160 valence electrons. The number of piperazine rings is 1. The van der Waals surface area contributed by atoms with Gasteiger partial charge in [0.1, 0.15) is 18.2 Å². The normalized spacial score (nSPS) is 14.2. The molecular weight excluding hydrogens is 387 g/mol. The van der Waals surface area contributed by atoms with Crippen molar-refractivity contribution in [2.45, 2.75) is 6.54 Å². The summed E-state index contributed by atoms with van der Waals surface area (Å²) in [6.45, 7) is 3.83. The average molecular weight is 414 g/mol. The third-order valence-corrected chi connectivity index (χ3v) is 4.80. The van der Waals surface area contributed by atoms with E-state index in [0.717, 1.165) is 5.56 Å². The van der Waals surface area contributed by atoms with Gasteiger partial charge in [0.15, 0.2) is 0 Å². The number of nitrogens with zero attached hydrogens (tertiary/aromatic N) is 2. The number of benzene rings is 2. The second-order valence-electron chi connectivity index (χ2n) is 7.06. The van der Waals surface area contributed by atoms with Crippen LogP contribution < -0.4 is 15.4 Å². The van der Waals surface area contributed by atoms with Crippen LogP contribution in [-0.2, 0) is 11.3 Å². The van der Waals surface area contributed by atoms with Crippen LogP contribution in [0.4, 0.5) is 9.18 Å². The molecule has 0 aliphatic carbocycles. The van der Waals surface area contributed by atoms with E-state index in [4.69, 9.17) is 4.74 Å². The lowest BCUT2D eigenvalue weighted by molar-refractivity contribution is -0.122. The highest BCUT2D eigenvalue weighted by Gasteiger charge is 2.22. The van der Waals surface area contributed by atoms with Crippen molar-refractivity contribution in [3.63, 3.8) is 0 Å². The predicted octanol–water partition coefficient (Wildman–Crippen LogP) is 1.85. The molecule has 1 saturated heterocycles. The van der Waals surface area contributed by atoms with Crippen molar-refractivity contribution in [3.8, 4) is 5.75 Å². The summed E-state index contributed by atoms with van der Waals surface area (Å²) < 4.78 is 18.5. The molecule has 1 aliphatic rings. The van der Waals surface area contributed by atoms with Crippen LogP contribution in [0.2, 0.25) is 0 Å². The number of hydrogen-bond acceptors (Lipinski definition) is 4. The van der Waals surface area contributed by atoms with E-state index in [1.807, 2.05) is 35.2 Å². The highest BCUT2D eigenvalue weighted by Crippen LogP contribution is 2.11. The lowest BCUT2D eigenvalue weighted by Gasteiger charge is -2.34. The Labute approximate surface area is 175 Å². The summed E-state index contributed by atoms with van der Waals surface area (Å²) in [5, 5.41) is 5.72. The summed E-state index contributed by atoms with van der Waals surface area (Å²) in [6, 6.07) is 15.5. The number of nitrogens with one attached hydrogen (secondary N) is 2. The van der Waals surface area contributed by atoms with Gasteiger partial charge in [-0.2, -0.15) is 0 Å². The smallest absolute Gasteiger partial charge is 0.317 e. The van der Waals surface area contributed by atoms with Crippen LogP contribution in [0.1, 0.15) is 5.56 Å². The molecule has 8 heteroatoms. The van der Waals surface area contributed by atoms with Gasteiger partial charge < -0.3 is 20.3 Å². The third-order valence-electron chi connectivity index (χ3n) is 4.80. The molecule has 2 aromatic carbocycles. The van der Waals surface area contributed by atoms with Gasteiger partial charge in [0.2, 0.25) is 5.91 Å². The Morgan fingerprint density at radius 3 is 2.47 bits per heavy atom. The van der Waals surface area contributed by atoms with Crippen LogP contribution in [-0.4, -0.2) is 67.6 Å². The first-order chi connectivity index (χ1) is 14.6. The van der Waals surface area contributed by atoms with Crippen molar-refractivity contribution >= 4 is 11.9 Å². The van der Waals surface area contributed by atoms with Gasteiger partial charge in [-0.3, -0.25) is 9.69 Å². The summed E-state index contributed by atoms with van der Waals surface area (Å²) in [5.74, 6) is 0.0535. The minimum atomic E-state index is -0.358. The fourth-order valence-electron chi connectivity index (χ4n) is 3.16. The summed E-state index contributed by atoms with van der Waals surface area (Å²) in [6.07, 6.45) is 0. The SMILES string of the molecule is O=C(CN1CCN(C(=O)NCCOc2cccc(F)c2)CC1)NCc1ccccc1. The molecule has 0 saturated carbocycles. The fraction of sp³-hybridized carbons (Fsp3) is 0.364. The van der Waals surface area contributed by atoms with E-state index in [9.17, 15) is 14.0 Å². The lowest BCUT2D eigenvalue weighted by Crippen LogP contribution is -2.53. The maximum absolute atomic E-state index is 13.1. The Balaban J connectivity index is 1.28. The zero-order valence-corrected chi connectivity index (χ0v) is 16.9. The molecule has 2 aromatic rings. The zero-order chi connectivity index (χ0) is 21.2. The van der Waals surface area contributed by atoms with Crippen LogP contribution in [0.5, 0.6) is 5.75 Å². The van der Waals surface area contributed by atoms with Gasteiger partial charge in [0.05, 0.1) is 13.1 Å². The molecule has 3 rings (SSSR count). The average Bonchev–Trinajstić information content (AvgIpc) is 2.76. The Morgan fingerprint density at radius 1 is 0.967 bits per heavy atom. The second kappa shape index (κ2) is 11.2. The molecule has 0 atom stereocenters. The quantitative estimate of drug-likeness (QED) is 0.647. The van der Waals surface area contributed by atoms with Crippen molar-refractivity contribution in [1.82, 2.24) is 20.4 Å². The van der Waals surface area contributed by atoms with E-state index in [0.29, 0.717) is 51.6 Å². The number of carbonyl (C=O) groups is 2. The fourth-order valence-corrected chi connectivity index (χ4v) is 3.16. The first-order valence-corrected chi connectivity index (χ1v) is 10.0. The maximum atomic E-state index is 13.1. The third kappa shape index (κ3) is 7.04. The van der Waals surface area contributed by atoms with Crippen molar-refractivity contribution in [2.24, 2.45) is 0 Å². The van der Waals surface area contributed by atoms with Crippen LogP contribution >= 0.6 is 0 Å². The lowest BCUT2D eigenvalue weighted by atomic mass is 10.2. The van der Waals surface area contributed by atoms with Gasteiger partial charge in [-0.05, 0) is 17.7 Å². The van der Waals surface area contributed by atoms with Crippen LogP contribution in [0.25, 0.3) is 0 Å². The number of rotatable bonds is 8. The summed E-state index contributed by atoms with van der Waals surface area (Å²) in [5.41, 5.74) is 1.06. The Kier molecular flexibility index (Phi) is 8.02. The highest BCUT2D eigenvalue weighted by atomic mass is 19.1. The van der Waals surface area contributed by atoms with Gasteiger partial charge in [0, 0.05) is 38.8 Å². The molecule has 0 aromatic heterocycles. The monoisotopic (exact) mass is 414 g/mol. The molecule has 30 heavy (non-hydrogen) atoms. The molecule has 0 unspecified atom stereocenters. The van der Waals surface area contributed by atoms with E-state index in [-0.39, 0.29) is 24.4 Å². The van der Waals surface area contributed by atoms with Crippen molar-refractivity contribution in [3.05, 3.63) is 66.0 Å². The van der Waals surface area contributed by atoms with Crippen molar-refractivity contribution < 1.29 is 18.7 Å². The molecule has 1 heterocycles. The molecule has 0 radical (unpaired) electrons. The van der Waals surface area contributed by atoms with Gasteiger partial charge in [-0.1, -0.05) is 36.4 Å². The number of amides is 3. The van der Waals surface area contributed by atoms with E-state index in [1.54, 1.807) is 17.0 Å². The topological polar surface area (TPSA) is 73.9 Å². The second-order valence-corrected chi connectivity index (χ2v) is 7.06. The van der Waals surface area contributed by atoms with Gasteiger partial charge in [-0.25, -0.2) is 9.18 Å². The number of halogens is 1.